The predicted octanol–water partition coefficient (Wildman–Crippen LogP) is 3.24. The molecule has 1 heterocycles. The lowest BCUT2D eigenvalue weighted by molar-refractivity contribution is -0.384. The number of hydrogen-bond acceptors (Lipinski definition) is 3. The van der Waals surface area contributed by atoms with Gasteiger partial charge in [0.15, 0.2) is 0 Å². The molecule has 0 bridgehead atoms. The number of H-pyrrole nitrogens is 1. The first-order chi connectivity index (χ1) is 9.06. The third-order valence-electron chi connectivity index (χ3n) is 2.98. The molecule has 0 unspecified atom stereocenters. The van der Waals surface area contributed by atoms with E-state index in [1.54, 1.807) is 18.2 Å². The number of rotatable bonds is 1. The highest BCUT2D eigenvalue weighted by Gasteiger charge is 2.10. The third-order valence-corrected chi connectivity index (χ3v) is 3.21. The van der Waals surface area contributed by atoms with Crippen LogP contribution in [0.5, 0.6) is 0 Å². The molecular weight excluding hydrogens is 268 g/mol. The Kier molecular flexibility index (Phi) is 2.50. The first-order valence-corrected chi connectivity index (χ1v) is 5.84. The second-order valence-corrected chi connectivity index (χ2v) is 4.57. The molecule has 0 atom stereocenters. The maximum absolute atomic E-state index is 11.9. The summed E-state index contributed by atoms with van der Waals surface area (Å²) in [6.07, 6.45) is 0. The standard InChI is InChI=1S/C13H7ClN2O3/c14-7-1-3-9-10-6-8(16(18)19)2-4-12(10)15-13(17)11(9)5-7/h1-6H,(H,15,17). The third kappa shape index (κ3) is 1.84. The normalized spacial score (nSPS) is 11.0. The smallest absolute Gasteiger partial charge is 0.270 e. The maximum Gasteiger partial charge on any atom is 0.270 e. The quantitative estimate of drug-likeness (QED) is 0.420. The number of nitro groups is 1. The lowest BCUT2D eigenvalue weighted by Gasteiger charge is -2.04. The average molecular weight is 275 g/mol. The van der Waals surface area contributed by atoms with Crippen LogP contribution < -0.4 is 5.56 Å². The van der Waals surface area contributed by atoms with Gasteiger partial charge in [0.2, 0.25) is 0 Å². The fourth-order valence-corrected chi connectivity index (χ4v) is 2.28. The highest BCUT2D eigenvalue weighted by molar-refractivity contribution is 6.31. The van der Waals surface area contributed by atoms with E-state index in [0.717, 1.165) is 0 Å². The number of pyridine rings is 1. The Hall–Kier alpha value is -2.40. The van der Waals surface area contributed by atoms with Gasteiger partial charge in [0.25, 0.3) is 11.2 Å². The molecule has 2 aromatic carbocycles. The summed E-state index contributed by atoms with van der Waals surface area (Å²) in [5, 5.41) is 12.9. The van der Waals surface area contributed by atoms with Gasteiger partial charge in [-0.25, -0.2) is 0 Å². The topological polar surface area (TPSA) is 76.0 Å². The van der Waals surface area contributed by atoms with Gasteiger partial charge in [0.1, 0.15) is 0 Å². The first kappa shape index (κ1) is 11.7. The minimum absolute atomic E-state index is 0.0178. The molecule has 0 aliphatic heterocycles. The molecule has 0 aliphatic carbocycles. The molecule has 94 valence electrons. The van der Waals surface area contributed by atoms with Gasteiger partial charge in [-0.05, 0) is 23.6 Å². The molecule has 3 aromatic rings. The molecular formula is C13H7ClN2O3. The first-order valence-electron chi connectivity index (χ1n) is 5.46. The summed E-state index contributed by atoms with van der Waals surface area (Å²) >= 11 is 5.86. The van der Waals surface area contributed by atoms with Crippen molar-refractivity contribution in [1.82, 2.24) is 4.98 Å². The number of fused-ring (bicyclic) bond motifs is 3. The van der Waals surface area contributed by atoms with Crippen molar-refractivity contribution in [3.63, 3.8) is 0 Å². The number of hydrogen-bond donors (Lipinski definition) is 1. The van der Waals surface area contributed by atoms with E-state index in [4.69, 9.17) is 11.6 Å². The summed E-state index contributed by atoms with van der Waals surface area (Å²) in [5.74, 6) is 0. The van der Waals surface area contributed by atoms with Gasteiger partial charge >= 0.3 is 0 Å². The van der Waals surface area contributed by atoms with Crippen LogP contribution in [0.2, 0.25) is 5.02 Å². The van der Waals surface area contributed by atoms with Crippen molar-refractivity contribution < 1.29 is 4.92 Å². The van der Waals surface area contributed by atoms with Crippen LogP contribution in [-0.4, -0.2) is 9.91 Å². The molecule has 3 rings (SSSR count). The second-order valence-electron chi connectivity index (χ2n) is 4.13. The van der Waals surface area contributed by atoms with Crippen LogP contribution in [0.25, 0.3) is 21.7 Å². The number of nitro benzene ring substituents is 1. The zero-order chi connectivity index (χ0) is 13.6. The molecule has 6 heteroatoms. The van der Waals surface area contributed by atoms with Gasteiger partial charge < -0.3 is 4.98 Å². The molecule has 0 aliphatic rings. The highest BCUT2D eigenvalue weighted by atomic mass is 35.5. The van der Waals surface area contributed by atoms with Crippen LogP contribution in [0.1, 0.15) is 0 Å². The number of nitrogens with one attached hydrogen (secondary N) is 1. The van der Waals surface area contributed by atoms with Crippen molar-refractivity contribution in [2.75, 3.05) is 0 Å². The molecule has 0 amide bonds. The summed E-state index contributed by atoms with van der Waals surface area (Å²) in [5.41, 5.74) is 0.278. The second kappa shape index (κ2) is 4.07. The monoisotopic (exact) mass is 274 g/mol. The van der Waals surface area contributed by atoms with E-state index in [-0.39, 0.29) is 11.2 Å². The van der Waals surface area contributed by atoms with E-state index < -0.39 is 4.92 Å². The lowest BCUT2D eigenvalue weighted by Crippen LogP contribution is -2.06. The Morgan fingerprint density at radius 2 is 1.84 bits per heavy atom. The van der Waals surface area contributed by atoms with E-state index >= 15 is 0 Å². The zero-order valence-corrected chi connectivity index (χ0v) is 10.3. The van der Waals surface area contributed by atoms with Crippen molar-refractivity contribution in [2.45, 2.75) is 0 Å². The zero-order valence-electron chi connectivity index (χ0n) is 9.51. The van der Waals surface area contributed by atoms with E-state index in [1.807, 2.05) is 0 Å². The van der Waals surface area contributed by atoms with Gasteiger partial charge in [-0.1, -0.05) is 17.7 Å². The van der Waals surface area contributed by atoms with Crippen molar-refractivity contribution in [2.24, 2.45) is 0 Å². The Balaban J connectivity index is 2.52. The Morgan fingerprint density at radius 3 is 2.58 bits per heavy atom. The molecule has 1 aromatic heterocycles. The molecule has 1 N–H and O–H groups in total. The van der Waals surface area contributed by atoms with Crippen molar-refractivity contribution in [1.29, 1.82) is 0 Å². The van der Waals surface area contributed by atoms with Crippen molar-refractivity contribution in [3.05, 3.63) is 61.9 Å². The van der Waals surface area contributed by atoms with Crippen LogP contribution in [0, 0.1) is 10.1 Å². The van der Waals surface area contributed by atoms with Gasteiger partial charge in [-0.3, -0.25) is 14.9 Å². The highest BCUT2D eigenvalue weighted by Crippen LogP contribution is 2.26. The molecule has 0 radical (unpaired) electrons. The van der Waals surface area contributed by atoms with Gasteiger partial charge in [-0.15, -0.1) is 0 Å². The molecule has 0 spiro atoms. The summed E-state index contributed by atoms with van der Waals surface area (Å²) in [6, 6.07) is 9.24. The Morgan fingerprint density at radius 1 is 1.05 bits per heavy atom. The predicted molar refractivity (Wildman–Crippen MR) is 73.7 cm³/mol. The van der Waals surface area contributed by atoms with E-state index in [1.165, 1.54) is 18.2 Å². The van der Waals surface area contributed by atoms with Gasteiger partial charge in [0.05, 0.1) is 4.92 Å². The van der Waals surface area contributed by atoms with Crippen LogP contribution in [-0.2, 0) is 0 Å². The molecule has 19 heavy (non-hydrogen) atoms. The summed E-state index contributed by atoms with van der Waals surface area (Å²) in [7, 11) is 0. The number of aromatic amines is 1. The summed E-state index contributed by atoms with van der Waals surface area (Å²) in [4.78, 5) is 25.0. The summed E-state index contributed by atoms with van der Waals surface area (Å²) in [6.45, 7) is 0. The van der Waals surface area contributed by atoms with E-state index in [2.05, 4.69) is 4.98 Å². The van der Waals surface area contributed by atoms with E-state index in [9.17, 15) is 14.9 Å². The summed E-state index contributed by atoms with van der Waals surface area (Å²) < 4.78 is 0. The minimum atomic E-state index is -0.466. The molecule has 0 saturated heterocycles. The number of benzene rings is 2. The van der Waals surface area contributed by atoms with Crippen molar-refractivity contribution in [3.8, 4) is 0 Å². The number of aromatic nitrogens is 1. The number of non-ortho nitro benzene ring substituents is 1. The number of halogens is 1. The Bertz CT molecular complexity index is 886. The lowest BCUT2D eigenvalue weighted by atomic mass is 10.1. The average Bonchev–Trinajstić information content (AvgIpc) is 2.38. The van der Waals surface area contributed by atoms with Gasteiger partial charge in [0, 0.05) is 33.4 Å². The molecule has 0 saturated carbocycles. The molecule has 0 fully saturated rings. The number of nitrogens with zero attached hydrogens (tertiary/aromatic N) is 1. The SMILES string of the molecule is O=c1[nH]c2ccc([N+](=O)[O-])cc2c2ccc(Cl)cc12. The van der Waals surface area contributed by atoms with Crippen LogP contribution >= 0.6 is 11.6 Å². The minimum Gasteiger partial charge on any atom is -0.321 e. The fraction of sp³-hybridized carbons (Fsp3) is 0. The molecule has 5 nitrogen and oxygen atoms in total. The van der Waals surface area contributed by atoms with Crippen LogP contribution in [0.3, 0.4) is 0 Å². The maximum atomic E-state index is 11.9. The van der Waals surface area contributed by atoms with Gasteiger partial charge in [-0.2, -0.15) is 0 Å². The van der Waals surface area contributed by atoms with Crippen LogP contribution in [0.4, 0.5) is 5.69 Å². The fourth-order valence-electron chi connectivity index (χ4n) is 2.11. The largest absolute Gasteiger partial charge is 0.321 e. The van der Waals surface area contributed by atoms with E-state index in [0.29, 0.717) is 26.7 Å². The Labute approximate surface area is 111 Å². The van der Waals surface area contributed by atoms with Crippen LogP contribution in [0.15, 0.2) is 41.2 Å². The van der Waals surface area contributed by atoms with Crippen molar-refractivity contribution >= 4 is 39.0 Å².